The third-order valence-electron chi connectivity index (χ3n) is 6.55. The van der Waals surface area contributed by atoms with Gasteiger partial charge in [-0.15, -0.1) is 0 Å². The summed E-state index contributed by atoms with van der Waals surface area (Å²) in [6, 6.07) is 10.1. The summed E-state index contributed by atoms with van der Waals surface area (Å²) in [5, 5.41) is 11.1. The molecule has 2 heterocycles. The van der Waals surface area contributed by atoms with Gasteiger partial charge in [0.2, 0.25) is 10.0 Å². The van der Waals surface area contributed by atoms with Crippen LogP contribution in [0.2, 0.25) is 0 Å². The van der Waals surface area contributed by atoms with Crippen molar-refractivity contribution in [2.75, 3.05) is 33.4 Å². The first-order valence-electron chi connectivity index (χ1n) is 11.9. The van der Waals surface area contributed by atoms with Crippen LogP contribution in [0.25, 0.3) is 5.76 Å². The van der Waals surface area contributed by atoms with E-state index in [1.54, 1.807) is 0 Å². The van der Waals surface area contributed by atoms with Crippen molar-refractivity contribution in [3.8, 4) is 0 Å². The van der Waals surface area contributed by atoms with Crippen molar-refractivity contribution in [3.05, 3.63) is 71.0 Å². The number of hydrogen-bond donors (Lipinski definition) is 1. The van der Waals surface area contributed by atoms with Crippen LogP contribution < -0.4 is 0 Å². The number of Topliss-reactive ketones (excluding diaryl/α,β-unsaturated/α-hetero) is 1. The van der Waals surface area contributed by atoms with Crippen LogP contribution in [0.1, 0.15) is 42.9 Å². The molecule has 2 fully saturated rings. The number of amides is 1. The third-order valence-corrected chi connectivity index (χ3v) is 8.47. The van der Waals surface area contributed by atoms with Gasteiger partial charge in [-0.2, -0.15) is 4.31 Å². The molecule has 0 saturated carbocycles. The number of rotatable bonds is 8. The zero-order valence-corrected chi connectivity index (χ0v) is 20.8. The molecule has 2 saturated heterocycles. The standard InChI is InChI=1S/C26H29FN2O6S/c1-35-17-5-16-29-23(18-6-10-20(27)11-7-18)22(25(31)26(29)32)24(30)19-8-12-21(13-9-19)36(33,34)28-14-3-2-4-15-28/h6-13,23,30H,2-5,14-17H2,1H3. The lowest BCUT2D eigenvalue weighted by Crippen LogP contribution is -2.35. The lowest BCUT2D eigenvalue weighted by atomic mass is 9.95. The van der Waals surface area contributed by atoms with E-state index < -0.39 is 39.3 Å². The molecule has 0 aromatic heterocycles. The third kappa shape index (κ3) is 5.07. The molecule has 1 N–H and O–H groups in total. The molecule has 4 rings (SSSR count). The second-order valence-electron chi connectivity index (χ2n) is 8.88. The molecule has 2 aromatic rings. The molecule has 36 heavy (non-hydrogen) atoms. The van der Waals surface area contributed by atoms with Gasteiger partial charge in [0, 0.05) is 38.9 Å². The molecule has 0 aliphatic carbocycles. The Morgan fingerprint density at radius 3 is 2.28 bits per heavy atom. The summed E-state index contributed by atoms with van der Waals surface area (Å²) in [6.45, 7) is 1.50. The van der Waals surface area contributed by atoms with Crippen LogP contribution in [-0.4, -0.2) is 67.8 Å². The highest BCUT2D eigenvalue weighted by Crippen LogP contribution is 2.39. The fourth-order valence-corrected chi connectivity index (χ4v) is 6.19. The molecular formula is C26H29FN2O6S. The Hall–Kier alpha value is -3.08. The second-order valence-corrected chi connectivity index (χ2v) is 10.8. The molecule has 2 aliphatic rings. The number of methoxy groups -OCH3 is 1. The number of hydrogen-bond acceptors (Lipinski definition) is 6. The Labute approximate surface area is 210 Å². The van der Waals surface area contributed by atoms with Crippen LogP contribution in [0.4, 0.5) is 4.39 Å². The molecule has 0 radical (unpaired) electrons. The minimum absolute atomic E-state index is 0.0936. The lowest BCUT2D eigenvalue weighted by Gasteiger charge is -2.26. The second kappa shape index (κ2) is 10.9. The van der Waals surface area contributed by atoms with Gasteiger partial charge in [-0.1, -0.05) is 18.6 Å². The zero-order chi connectivity index (χ0) is 25.9. The Balaban J connectivity index is 1.71. The molecule has 1 amide bonds. The number of nitrogens with zero attached hydrogens (tertiary/aromatic N) is 2. The van der Waals surface area contributed by atoms with Crippen molar-refractivity contribution in [2.24, 2.45) is 0 Å². The Kier molecular flexibility index (Phi) is 7.87. The largest absolute Gasteiger partial charge is 0.507 e. The van der Waals surface area contributed by atoms with Crippen molar-refractivity contribution < 1.29 is 32.2 Å². The minimum atomic E-state index is -3.66. The summed E-state index contributed by atoms with van der Waals surface area (Å²) in [4.78, 5) is 27.4. The first-order valence-corrected chi connectivity index (χ1v) is 13.3. The number of aliphatic hydroxyl groups is 1. The smallest absolute Gasteiger partial charge is 0.295 e. The van der Waals surface area contributed by atoms with E-state index in [0.717, 1.165) is 19.3 Å². The SMILES string of the molecule is COCCCN1C(=O)C(=O)C(=C(O)c2ccc(S(=O)(=O)N3CCCCC3)cc2)C1c1ccc(F)cc1. The number of ether oxygens (including phenoxy) is 1. The molecule has 2 aliphatic heterocycles. The fourth-order valence-electron chi connectivity index (χ4n) is 4.68. The number of carbonyl (C=O) groups excluding carboxylic acids is 2. The van der Waals surface area contributed by atoms with E-state index >= 15 is 0 Å². The van der Waals surface area contributed by atoms with Crippen LogP contribution in [-0.2, 0) is 24.3 Å². The summed E-state index contributed by atoms with van der Waals surface area (Å²) in [5.74, 6) is -2.52. The van der Waals surface area contributed by atoms with Gasteiger partial charge >= 0.3 is 0 Å². The number of ketones is 1. The normalized spacial score (nSPS) is 20.7. The highest BCUT2D eigenvalue weighted by Gasteiger charge is 2.45. The maximum atomic E-state index is 13.6. The van der Waals surface area contributed by atoms with Crippen LogP contribution in [0, 0.1) is 5.82 Å². The van der Waals surface area contributed by atoms with Crippen molar-refractivity contribution in [2.45, 2.75) is 36.6 Å². The number of sulfonamides is 1. The molecular weight excluding hydrogens is 487 g/mol. The van der Waals surface area contributed by atoms with Gasteiger partial charge in [0.25, 0.3) is 11.7 Å². The maximum Gasteiger partial charge on any atom is 0.295 e. The van der Waals surface area contributed by atoms with E-state index in [4.69, 9.17) is 4.74 Å². The van der Waals surface area contributed by atoms with Crippen LogP contribution in [0.5, 0.6) is 0 Å². The van der Waals surface area contributed by atoms with Crippen molar-refractivity contribution in [1.82, 2.24) is 9.21 Å². The predicted octanol–water partition coefficient (Wildman–Crippen LogP) is 3.46. The zero-order valence-electron chi connectivity index (χ0n) is 20.0. The molecule has 1 unspecified atom stereocenters. The summed E-state index contributed by atoms with van der Waals surface area (Å²) in [5.41, 5.74) is 0.545. The summed E-state index contributed by atoms with van der Waals surface area (Å²) in [6.07, 6.45) is 3.08. The highest BCUT2D eigenvalue weighted by atomic mass is 32.2. The van der Waals surface area contributed by atoms with Gasteiger partial charge in [0.05, 0.1) is 16.5 Å². The predicted molar refractivity (Wildman–Crippen MR) is 131 cm³/mol. The van der Waals surface area contributed by atoms with Crippen molar-refractivity contribution >= 4 is 27.5 Å². The van der Waals surface area contributed by atoms with Gasteiger partial charge in [0.1, 0.15) is 11.6 Å². The number of benzene rings is 2. The number of aliphatic hydroxyl groups excluding tert-OH is 1. The quantitative estimate of drug-likeness (QED) is 0.249. The van der Waals surface area contributed by atoms with E-state index in [1.807, 2.05) is 0 Å². The van der Waals surface area contributed by atoms with Crippen molar-refractivity contribution in [3.63, 3.8) is 0 Å². The van der Waals surface area contributed by atoms with E-state index in [1.165, 1.54) is 64.8 Å². The Morgan fingerprint density at radius 2 is 1.67 bits per heavy atom. The molecule has 0 spiro atoms. The van der Waals surface area contributed by atoms with Gasteiger partial charge in [-0.3, -0.25) is 9.59 Å². The maximum absolute atomic E-state index is 13.6. The van der Waals surface area contributed by atoms with E-state index in [2.05, 4.69) is 0 Å². The molecule has 192 valence electrons. The summed E-state index contributed by atoms with van der Waals surface area (Å²) >= 11 is 0. The van der Waals surface area contributed by atoms with Crippen molar-refractivity contribution in [1.29, 1.82) is 0 Å². The van der Waals surface area contributed by atoms with Gasteiger partial charge in [-0.25, -0.2) is 12.8 Å². The molecule has 8 nitrogen and oxygen atoms in total. The van der Waals surface area contributed by atoms with Gasteiger partial charge < -0.3 is 14.7 Å². The number of carbonyl (C=O) groups is 2. The highest BCUT2D eigenvalue weighted by molar-refractivity contribution is 7.89. The van der Waals surface area contributed by atoms with Crippen LogP contribution in [0.3, 0.4) is 0 Å². The average Bonchev–Trinajstić information content (AvgIpc) is 3.14. The molecule has 10 heteroatoms. The topological polar surface area (TPSA) is 104 Å². The summed E-state index contributed by atoms with van der Waals surface area (Å²) < 4.78 is 46.0. The minimum Gasteiger partial charge on any atom is -0.507 e. The lowest BCUT2D eigenvalue weighted by molar-refractivity contribution is -0.140. The van der Waals surface area contributed by atoms with E-state index in [0.29, 0.717) is 31.7 Å². The van der Waals surface area contributed by atoms with Gasteiger partial charge in [0.15, 0.2) is 0 Å². The number of piperidine rings is 1. The number of likely N-dealkylation sites (tertiary alicyclic amines) is 1. The van der Waals surface area contributed by atoms with E-state index in [9.17, 15) is 27.5 Å². The summed E-state index contributed by atoms with van der Waals surface area (Å²) in [7, 11) is -2.14. The first-order chi connectivity index (χ1) is 17.3. The molecule has 1 atom stereocenters. The molecule has 2 aromatic carbocycles. The van der Waals surface area contributed by atoms with Crippen LogP contribution in [0.15, 0.2) is 59.0 Å². The van der Waals surface area contributed by atoms with Gasteiger partial charge in [-0.05, 0) is 61.2 Å². The van der Waals surface area contributed by atoms with E-state index in [-0.39, 0.29) is 22.6 Å². The Morgan fingerprint density at radius 1 is 1.03 bits per heavy atom. The average molecular weight is 517 g/mol. The number of halogens is 1. The first kappa shape index (κ1) is 26.0. The Bertz CT molecular complexity index is 1250. The monoisotopic (exact) mass is 516 g/mol. The molecule has 0 bridgehead atoms. The van der Waals surface area contributed by atoms with Crippen LogP contribution >= 0.6 is 0 Å². The fraction of sp³-hybridized carbons (Fsp3) is 0.385.